The molecule has 0 unspecified atom stereocenters. The summed E-state index contributed by atoms with van der Waals surface area (Å²) in [6.45, 7) is 2.85. The number of rotatable bonds is 5. The lowest BCUT2D eigenvalue weighted by molar-refractivity contribution is 0.252. The maximum Gasteiger partial charge on any atom is 0.319 e. The van der Waals surface area contributed by atoms with Crippen LogP contribution in [0.4, 0.5) is 16.2 Å². The molecule has 0 aliphatic carbocycles. The number of piperidine rings is 1. The minimum Gasteiger partial charge on any atom is -0.372 e. The summed E-state index contributed by atoms with van der Waals surface area (Å²) in [4.78, 5) is 14.4. The van der Waals surface area contributed by atoms with Gasteiger partial charge in [0.05, 0.1) is 0 Å². The van der Waals surface area contributed by atoms with Crippen LogP contribution in [-0.4, -0.2) is 25.7 Å². The van der Waals surface area contributed by atoms with Gasteiger partial charge in [-0.25, -0.2) is 4.79 Å². The van der Waals surface area contributed by atoms with Crippen LogP contribution in [-0.2, 0) is 6.42 Å². The molecular formula is C20H24BrN3O. The molecule has 0 radical (unpaired) electrons. The molecule has 1 fully saturated rings. The van der Waals surface area contributed by atoms with Gasteiger partial charge in [0, 0.05) is 35.5 Å². The van der Waals surface area contributed by atoms with Crippen molar-refractivity contribution < 1.29 is 4.79 Å². The number of carbonyl (C=O) groups excluding carboxylic acids is 1. The van der Waals surface area contributed by atoms with Crippen molar-refractivity contribution >= 4 is 33.3 Å². The Hall–Kier alpha value is -2.01. The van der Waals surface area contributed by atoms with E-state index in [1.165, 1.54) is 30.5 Å². The molecule has 0 saturated carbocycles. The molecule has 4 nitrogen and oxygen atoms in total. The highest BCUT2D eigenvalue weighted by molar-refractivity contribution is 9.10. The van der Waals surface area contributed by atoms with E-state index >= 15 is 0 Å². The summed E-state index contributed by atoms with van der Waals surface area (Å²) >= 11 is 3.52. The van der Waals surface area contributed by atoms with Crippen molar-refractivity contribution in [3.8, 4) is 0 Å². The molecule has 0 spiro atoms. The van der Waals surface area contributed by atoms with Crippen molar-refractivity contribution in [2.45, 2.75) is 25.7 Å². The lowest BCUT2D eigenvalue weighted by atomic mass is 10.1. The van der Waals surface area contributed by atoms with Crippen LogP contribution in [0.3, 0.4) is 0 Å². The topological polar surface area (TPSA) is 44.4 Å². The van der Waals surface area contributed by atoms with E-state index in [1.54, 1.807) is 0 Å². The number of benzene rings is 2. The number of amides is 2. The van der Waals surface area contributed by atoms with Crippen molar-refractivity contribution in [1.29, 1.82) is 0 Å². The normalized spacial score (nSPS) is 14.2. The Morgan fingerprint density at radius 1 is 1.00 bits per heavy atom. The number of hydrogen-bond donors (Lipinski definition) is 2. The molecule has 1 heterocycles. The molecule has 3 rings (SSSR count). The van der Waals surface area contributed by atoms with Crippen LogP contribution in [0, 0.1) is 0 Å². The Morgan fingerprint density at radius 3 is 2.44 bits per heavy atom. The molecule has 2 N–H and O–H groups in total. The van der Waals surface area contributed by atoms with E-state index in [-0.39, 0.29) is 6.03 Å². The monoisotopic (exact) mass is 401 g/mol. The Labute approximate surface area is 157 Å². The second kappa shape index (κ2) is 8.90. The smallest absolute Gasteiger partial charge is 0.319 e. The molecule has 132 valence electrons. The highest BCUT2D eigenvalue weighted by Gasteiger charge is 2.10. The van der Waals surface area contributed by atoms with Gasteiger partial charge in [0.1, 0.15) is 0 Å². The van der Waals surface area contributed by atoms with Crippen molar-refractivity contribution in [2.75, 3.05) is 29.9 Å². The lowest BCUT2D eigenvalue weighted by Crippen LogP contribution is -2.31. The van der Waals surface area contributed by atoms with E-state index in [1.807, 2.05) is 30.3 Å². The minimum absolute atomic E-state index is 0.169. The molecule has 2 aromatic rings. The number of nitrogens with one attached hydrogen (secondary N) is 2. The molecule has 2 amide bonds. The average molecular weight is 402 g/mol. The van der Waals surface area contributed by atoms with Crippen LogP contribution >= 0.6 is 15.9 Å². The Bertz CT molecular complexity index is 696. The van der Waals surface area contributed by atoms with E-state index in [2.05, 4.69) is 49.7 Å². The van der Waals surface area contributed by atoms with Crippen LogP contribution in [0.25, 0.3) is 0 Å². The number of carbonyl (C=O) groups is 1. The molecule has 5 heteroatoms. The van der Waals surface area contributed by atoms with Crippen molar-refractivity contribution in [2.24, 2.45) is 0 Å². The fourth-order valence-corrected chi connectivity index (χ4v) is 3.58. The van der Waals surface area contributed by atoms with Gasteiger partial charge in [-0.2, -0.15) is 0 Å². The average Bonchev–Trinajstić information content (AvgIpc) is 2.65. The third-order valence-electron chi connectivity index (χ3n) is 4.48. The first kappa shape index (κ1) is 17.8. The third kappa shape index (κ3) is 5.23. The molecule has 1 aliphatic heterocycles. The molecule has 1 saturated heterocycles. The predicted molar refractivity (Wildman–Crippen MR) is 107 cm³/mol. The first-order chi connectivity index (χ1) is 12.2. The quantitative estimate of drug-likeness (QED) is 0.755. The number of urea groups is 1. The van der Waals surface area contributed by atoms with Crippen LogP contribution in [0.5, 0.6) is 0 Å². The van der Waals surface area contributed by atoms with E-state index in [4.69, 9.17) is 0 Å². The zero-order chi connectivity index (χ0) is 17.5. The Morgan fingerprint density at radius 2 is 1.72 bits per heavy atom. The number of nitrogens with zero attached hydrogens (tertiary/aromatic N) is 1. The van der Waals surface area contributed by atoms with Crippen molar-refractivity contribution in [3.63, 3.8) is 0 Å². The largest absolute Gasteiger partial charge is 0.372 e. The minimum atomic E-state index is -0.169. The first-order valence-electron chi connectivity index (χ1n) is 8.85. The lowest BCUT2D eigenvalue weighted by Gasteiger charge is -2.28. The summed E-state index contributed by atoms with van der Waals surface area (Å²) in [6.07, 6.45) is 4.65. The van der Waals surface area contributed by atoms with Crippen LogP contribution in [0.15, 0.2) is 53.0 Å². The summed E-state index contributed by atoms with van der Waals surface area (Å²) < 4.78 is 1.07. The van der Waals surface area contributed by atoms with Gasteiger partial charge in [0.15, 0.2) is 0 Å². The molecule has 0 bridgehead atoms. The molecule has 25 heavy (non-hydrogen) atoms. The zero-order valence-electron chi connectivity index (χ0n) is 14.3. The number of halogens is 1. The van der Waals surface area contributed by atoms with E-state index < -0.39 is 0 Å². The summed E-state index contributed by atoms with van der Waals surface area (Å²) in [5.74, 6) is 0. The summed E-state index contributed by atoms with van der Waals surface area (Å²) in [6, 6.07) is 16.0. The van der Waals surface area contributed by atoms with Crippen LogP contribution < -0.4 is 15.5 Å². The maximum absolute atomic E-state index is 12.0. The summed E-state index contributed by atoms with van der Waals surface area (Å²) in [5, 5.41) is 5.80. The summed E-state index contributed by atoms with van der Waals surface area (Å²) in [5.41, 5.74) is 3.24. The van der Waals surface area contributed by atoms with Crippen LogP contribution in [0.1, 0.15) is 24.8 Å². The van der Waals surface area contributed by atoms with Gasteiger partial charge >= 0.3 is 6.03 Å². The van der Waals surface area contributed by atoms with Gasteiger partial charge < -0.3 is 15.5 Å². The van der Waals surface area contributed by atoms with Gasteiger partial charge in [-0.15, -0.1) is 0 Å². The number of anilines is 2. The molecule has 1 aliphatic rings. The molecule has 0 atom stereocenters. The highest BCUT2D eigenvalue weighted by atomic mass is 79.9. The second-order valence-corrected chi connectivity index (χ2v) is 7.17. The Kier molecular flexibility index (Phi) is 6.34. The van der Waals surface area contributed by atoms with Gasteiger partial charge in [-0.3, -0.25) is 0 Å². The predicted octanol–water partition coefficient (Wildman–Crippen LogP) is 4.80. The second-order valence-electron chi connectivity index (χ2n) is 6.32. The van der Waals surface area contributed by atoms with Crippen molar-refractivity contribution in [3.05, 3.63) is 58.6 Å². The van der Waals surface area contributed by atoms with E-state index in [0.29, 0.717) is 6.54 Å². The van der Waals surface area contributed by atoms with E-state index in [9.17, 15) is 4.79 Å². The highest BCUT2D eigenvalue weighted by Crippen LogP contribution is 2.21. The SMILES string of the molecule is O=C(NCCc1ccccc1Br)Nc1ccc(N2CCCCC2)cc1. The zero-order valence-corrected chi connectivity index (χ0v) is 15.9. The Balaban J connectivity index is 1.45. The van der Waals surface area contributed by atoms with Gasteiger partial charge in [0.25, 0.3) is 0 Å². The van der Waals surface area contributed by atoms with Gasteiger partial charge in [-0.1, -0.05) is 34.1 Å². The van der Waals surface area contributed by atoms with Gasteiger partial charge in [0.2, 0.25) is 0 Å². The van der Waals surface area contributed by atoms with Crippen LogP contribution in [0.2, 0.25) is 0 Å². The number of hydrogen-bond acceptors (Lipinski definition) is 2. The molecular weight excluding hydrogens is 378 g/mol. The van der Waals surface area contributed by atoms with E-state index in [0.717, 1.165) is 29.7 Å². The van der Waals surface area contributed by atoms with Gasteiger partial charge in [-0.05, 0) is 61.6 Å². The first-order valence-corrected chi connectivity index (χ1v) is 9.65. The summed E-state index contributed by atoms with van der Waals surface area (Å²) in [7, 11) is 0. The fraction of sp³-hybridized carbons (Fsp3) is 0.350. The molecule has 2 aromatic carbocycles. The third-order valence-corrected chi connectivity index (χ3v) is 5.26. The standard InChI is InChI=1S/C20H24BrN3O/c21-19-7-3-2-6-16(19)12-13-22-20(25)23-17-8-10-18(11-9-17)24-14-4-1-5-15-24/h2-3,6-11H,1,4-5,12-15H2,(H2,22,23,25). The maximum atomic E-state index is 12.0. The molecule has 0 aromatic heterocycles. The fourth-order valence-electron chi connectivity index (χ4n) is 3.09. The van der Waals surface area contributed by atoms with Crippen molar-refractivity contribution in [1.82, 2.24) is 5.32 Å².